The number of hydrogen-bond donors (Lipinski definition) is 0. The summed E-state index contributed by atoms with van der Waals surface area (Å²) >= 11 is 0. The Morgan fingerprint density at radius 3 is 2.50 bits per heavy atom. The largest absolute Gasteiger partial charge is 4.00 e. The Morgan fingerprint density at radius 1 is 1.50 bits per heavy atom. The summed E-state index contributed by atoms with van der Waals surface area (Å²) in [5.74, 6) is 0. The van der Waals surface area contributed by atoms with Gasteiger partial charge in [0.15, 0.2) is 0 Å². The van der Waals surface area contributed by atoms with E-state index >= 15 is 0 Å². The predicted octanol–water partition coefficient (Wildman–Crippen LogP) is 1.30. The molecule has 0 aromatic heterocycles. The third-order valence-corrected chi connectivity index (χ3v) is 0.586. The van der Waals surface area contributed by atoms with Gasteiger partial charge < -0.3 is 0 Å². The monoisotopic (exact) mass is 245 g/mol. The molecule has 0 N–H and O–H groups in total. The van der Waals surface area contributed by atoms with Gasteiger partial charge in [-0.15, -0.1) is 6.42 Å². The molecule has 1 aliphatic carbocycles. The van der Waals surface area contributed by atoms with Crippen LogP contribution < -0.4 is 0 Å². The fourth-order valence-electron chi connectivity index (χ4n) is 0.340. The quantitative estimate of drug-likeness (QED) is 0.444. The van der Waals surface area contributed by atoms with Gasteiger partial charge in [0.25, 0.3) is 0 Å². The molecule has 0 atom stereocenters. The molecule has 0 amide bonds. The summed E-state index contributed by atoms with van der Waals surface area (Å²) in [5, 5.41) is 0. The molecule has 0 bridgehead atoms. The third kappa shape index (κ3) is 1.71. The molecule has 0 aromatic rings. The SMILES string of the molecule is [C-]1=CC=CC1.[Hf+4]. The van der Waals surface area contributed by atoms with E-state index in [1.807, 2.05) is 12.2 Å². The van der Waals surface area contributed by atoms with Crippen molar-refractivity contribution in [3.8, 4) is 0 Å². The smallest absolute Gasteiger partial charge is 0.273 e. The first kappa shape index (κ1) is 6.35. The Bertz CT molecular complexity index is 62.0. The summed E-state index contributed by atoms with van der Waals surface area (Å²) < 4.78 is 0. The Morgan fingerprint density at radius 2 is 2.33 bits per heavy atom. The molecule has 0 nitrogen and oxygen atoms in total. The van der Waals surface area contributed by atoms with E-state index in [0.717, 1.165) is 6.42 Å². The van der Waals surface area contributed by atoms with Crippen molar-refractivity contribution in [2.75, 3.05) is 0 Å². The van der Waals surface area contributed by atoms with Gasteiger partial charge in [-0.1, -0.05) is 0 Å². The average molecular weight is 244 g/mol. The van der Waals surface area contributed by atoms with Crippen molar-refractivity contribution < 1.29 is 25.8 Å². The molecular formula is C5H5Hf+3. The zero-order valence-electron chi connectivity index (χ0n) is 3.44. The fraction of sp³-hybridized carbons (Fsp3) is 0.200. The molecule has 1 rings (SSSR count). The van der Waals surface area contributed by atoms with E-state index in [0.29, 0.717) is 0 Å². The summed E-state index contributed by atoms with van der Waals surface area (Å²) in [5.41, 5.74) is 0. The maximum Gasteiger partial charge on any atom is 4.00 e. The average Bonchev–Trinajstić information content (AvgIpc) is 1.76. The van der Waals surface area contributed by atoms with Gasteiger partial charge in [-0.2, -0.15) is 6.08 Å². The van der Waals surface area contributed by atoms with Gasteiger partial charge in [0, 0.05) is 0 Å². The van der Waals surface area contributed by atoms with E-state index in [2.05, 4.69) is 12.2 Å². The third-order valence-electron chi connectivity index (χ3n) is 0.586. The van der Waals surface area contributed by atoms with Crippen LogP contribution in [0.4, 0.5) is 0 Å². The Labute approximate surface area is 56.7 Å². The van der Waals surface area contributed by atoms with Crippen molar-refractivity contribution in [1.29, 1.82) is 0 Å². The topological polar surface area (TPSA) is 0 Å². The molecule has 1 heteroatoms. The van der Waals surface area contributed by atoms with Gasteiger partial charge >= 0.3 is 25.8 Å². The van der Waals surface area contributed by atoms with E-state index in [9.17, 15) is 0 Å². The Hall–Kier alpha value is 0.350. The van der Waals surface area contributed by atoms with Crippen LogP contribution in [0.25, 0.3) is 0 Å². The maximum atomic E-state index is 2.99. The summed E-state index contributed by atoms with van der Waals surface area (Å²) in [6.45, 7) is 0. The molecule has 0 spiro atoms. The molecule has 0 aliphatic heterocycles. The Balaban J connectivity index is 0.000000250. The molecule has 1 aliphatic rings. The van der Waals surface area contributed by atoms with Crippen molar-refractivity contribution in [2.24, 2.45) is 0 Å². The molecule has 0 heterocycles. The van der Waals surface area contributed by atoms with Gasteiger partial charge in [-0.25, -0.2) is 12.2 Å². The van der Waals surface area contributed by atoms with Crippen LogP contribution in [-0.2, 0) is 25.8 Å². The minimum Gasteiger partial charge on any atom is -0.273 e. The van der Waals surface area contributed by atoms with Gasteiger partial charge in [-0.05, 0) is 0 Å². The second-order valence-electron chi connectivity index (χ2n) is 1.00. The van der Waals surface area contributed by atoms with Gasteiger partial charge in [0.2, 0.25) is 0 Å². The van der Waals surface area contributed by atoms with E-state index in [-0.39, 0.29) is 25.8 Å². The van der Waals surface area contributed by atoms with Crippen molar-refractivity contribution in [3.63, 3.8) is 0 Å². The minimum absolute atomic E-state index is 0. The number of rotatable bonds is 0. The standard InChI is InChI=1S/C5H5.Hf/c1-2-4-5-3-1;/h1-3H,4H2;/q-1;+4. The van der Waals surface area contributed by atoms with Crippen molar-refractivity contribution in [1.82, 2.24) is 0 Å². The number of allylic oxidation sites excluding steroid dienone is 4. The van der Waals surface area contributed by atoms with Crippen LogP contribution in [-0.4, -0.2) is 0 Å². The molecule has 0 aromatic carbocycles. The maximum absolute atomic E-state index is 2.99. The van der Waals surface area contributed by atoms with Crippen LogP contribution in [0.2, 0.25) is 0 Å². The first-order valence-electron chi connectivity index (χ1n) is 1.72. The van der Waals surface area contributed by atoms with Crippen molar-refractivity contribution >= 4 is 0 Å². The second kappa shape index (κ2) is 3.54. The molecule has 0 fully saturated rings. The number of hydrogen-bond acceptors (Lipinski definition) is 0. The summed E-state index contributed by atoms with van der Waals surface area (Å²) in [6, 6.07) is 0. The summed E-state index contributed by atoms with van der Waals surface area (Å²) in [7, 11) is 0. The molecule has 6 heavy (non-hydrogen) atoms. The van der Waals surface area contributed by atoms with Gasteiger partial charge in [0.1, 0.15) is 0 Å². The van der Waals surface area contributed by atoms with E-state index in [1.54, 1.807) is 0 Å². The second-order valence-corrected chi connectivity index (χ2v) is 1.00. The molecule has 0 unspecified atom stereocenters. The van der Waals surface area contributed by atoms with Crippen molar-refractivity contribution in [3.05, 3.63) is 24.3 Å². The zero-order valence-corrected chi connectivity index (χ0v) is 7.03. The first-order chi connectivity index (χ1) is 2.50. The van der Waals surface area contributed by atoms with E-state index in [1.165, 1.54) is 0 Å². The normalized spacial score (nSPS) is 14.7. The van der Waals surface area contributed by atoms with E-state index in [4.69, 9.17) is 0 Å². The molecule has 26 valence electrons. The summed E-state index contributed by atoms with van der Waals surface area (Å²) in [4.78, 5) is 0. The first-order valence-corrected chi connectivity index (χ1v) is 1.72. The fourth-order valence-corrected chi connectivity index (χ4v) is 0.340. The van der Waals surface area contributed by atoms with Crippen LogP contribution >= 0.6 is 0 Å². The molecule has 0 saturated carbocycles. The molecular weight excluding hydrogens is 239 g/mol. The van der Waals surface area contributed by atoms with Crippen LogP contribution in [0.5, 0.6) is 0 Å². The predicted molar refractivity (Wildman–Crippen MR) is 21.6 cm³/mol. The molecule has 0 radical (unpaired) electrons. The van der Waals surface area contributed by atoms with Crippen LogP contribution in [0.3, 0.4) is 0 Å². The van der Waals surface area contributed by atoms with Crippen LogP contribution in [0.1, 0.15) is 6.42 Å². The van der Waals surface area contributed by atoms with Crippen LogP contribution in [0.15, 0.2) is 18.2 Å². The van der Waals surface area contributed by atoms with Crippen LogP contribution in [0, 0.1) is 6.08 Å². The van der Waals surface area contributed by atoms with Crippen molar-refractivity contribution in [2.45, 2.75) is 6.42 Å². The zero-order chi connectivity index (χ0) is 3.54. The molecule has 0 saturated heterocycles. The van der Waals surface area contributed by atoms with Gasteiger partial charge in [-0.3, -0.25) is 6.08 Å². The van der Waals surface area contributed by atoms with E-state index < -0.39 is 0 Å². The summed E-state index contributed by atoms with van der Waals surface area (Å²) in [6.07, 6.45) is 10.0. The van der Waals surface area contributed by atoms with Gasteiger partial charge in [0.05, 0.1) is 0 Å². The Kier molecular flexibility index (Phi) is 3.74. The minimum atomic E-state index is 0.